The van der Waals surface area contributed by atoms with E-state index in [1.54, 1.807) is 19.5 Å². The van der Waals surface area contributed by atoms with E-state index in [2.05, 4.69) is 54.5 Å². The fourth-order valence-corrected chi connectivity index (χ4v) is 3.77. The Balaban J connectivity index is 0.00000363. The summed E-state index contributed by atoms with van der Waals surface area (Å²) in [6.45, 7) is 8.93. The van der Waals surface area contributed by atoms with E-state index in [0.29, 0.717) is 0 Å². The number of benzene rings is 1. The van der Waals surface area contributed by atoms with Gasteiger partial charge in [0, 0.05) is 58.7 Å². The molecule has 176 valence electrons. The molecule has 0 bridgehead atoms. The molecule has 2 N–H and O–H groups in total. The van der Waals surface area contributed by atoms with E-state index in [0.717, 1.165) is 76.3 Å². The predicted octanol–water partition coefficient (Wildman–Crippen LogP) is 2.33. The van der Waals surface area contributed by atoms with Gasteiger partial charge in [-0.3, -0.25) is 9.89 Å². The van der Waals surface area contributed by atoms with Gasteiger partial charge in [0.15, 0.2) is 5.96 Å². The Morgan fingerprint density at radius 2 is 1.81 bits per heavy atom. The first-order valence-corrected chi connectivity index (χ1v) is 11.0. The first-order chi connectivity index (χ1) is 15.2. The largest absolute Gasteiger partial charge is 0.496 e. The van der Waals surface area contributed by atoms with Crippen LogP contribution in [-0.4, -0.2) is 80.8 Å². The molecule has 0 aliphatic carbocycles. The molecule has 0 saturated carbocycles. The zero-order chi connectivity index (χ0) is 21.9. The summed E-state index contributed by atoms with van der Waals surface area (Å²) in [5.41, 5.74) is 2.46. The lowest BCUT2D eigenvalue weighted by Gasteiger charge is -2.34. The minimum absolute atomic E-state index is 0. The summed E-state index contributed by atoms with van der Waals surface area (Å²) in [4.78, 5) is 17.8. The number of guanidine groups is 1. The summed E-state index contributed by atoms with van der Waals surface area (Å²) in [6.07, 6.45) is 5.58. The molecule has 0 atom stereocenters. The Morgan fingerprint density at radius 3 is 2.50 bits per heavy atom. The van der Waals surface area contributed by atoms with Crippen LogP contribution in [0.4, 0.5) is 5.95 Å². The zero-order valence-corrected chi connectivity index (χ0v) is 21.7. The highest BCUT2D eigenvalue weighted by molar-refractivity contribution is 14.0. The lowest BCUT2D eigenvalue weighted by Crippen LogP contribution is -2.47. The van der Waals surface area contributed by atoms with Crippen molar-refractivity contribution in [2.24, 2.45) is 4.99 Å². The van der Waals surface area contributed by atoms with Crippen LogP contribution in [0.2, 0.25) is 0 Å². The number of ether oxygens (including phenoxy) is 1. The minimum Gasteiger partial charge on any atom is -0.496 e. The van der Waals surface area contributed by atoms with Crippen LogP contribution < -0.4 is 20.3 Å². The Kier molecular flexibility index (Phi) is 11.5. The van der Waals surface area contributed by atoms with E-state index < -0.39 is 0 Å². The summed E-state index contributed by atoms with van der Waals surface area (Å²) in [5, 5.41) is 6.82. The Bertz CT molecular complexity index is 826. The van der Waals surface area contributed by atoms with Crippen LogP contribution in [0.15, 0.2) is 41.7 Å². The fourth-order valence-electron chi connectivity index (χ4n) is 3.77. The number of nitrogens with one attached hydrogen (secondary N) is 2. The molecule has 32 heavy (non-hydrogen) atoms. The van der Waals surface area contributed by atoms with E-state index >= 15 is 0 Å². The smallest absolute Gasteiger partial charge is 0.225 e. The highest BCUT2D eigenvalue weighted by atomic mass is 127. The van der Waals surface area contributed by atoms with Gasteiger partial charge < -0.3 is 20.3 Å². The zero-order valence-electron chi connectivity index (χ0n) is 19.4. The van der Waals surface area contributed by atoms with Crippen LogP contribution in [0.1, 0.15) is 17.5 Å². The first-order valence-electron chi connectivity index (χ1n) is 11.0. The SMILES string of the molecule is CN=C(NCCCN1CCN(c2ncccn2)CC1)NCCc1cc(C)ccc1OC.I. The molecule has 1 aromatic heterocycles. The van der Waals surface area contributed by atoms with Crippen molar-refractivity contribution < 1.29 is 4.74 Å². The monoisotopic (exact) mass is 553 g/mol. The second kappa shape index (κ2) is 14.1. The van der Waals surface area contributed by atoms with Crippen LogP contribution in [0.25, 0.3) is 0 Å². The number of nitrogens with zero attached hydrogens (tertiary/aromatic N) is 5. The molecule has 1 fully saturated rings. The van der Waals surface area contributed by atoms with Gasteiger partial charge in [0.05, 0.1) is 7.11 Å². The summed E-state index contributed by atoms with van der Waals surface area (Å²) in [5.74, 6) is 2.62. The molecule has 1 aliphatic rings. The summed E-state index contributed by atoms with van der Waals surface area (Å²) in [7, 11) is 3.53. The number of halogens is 1. The lowest BCUT2D eigenvalue weighted by atomic mass is 10.1. The summed E-state index contributed by atoms with van der Waals surface area (Å²) >= 11 is 0. The Labute approximate surface area is 208 Å². The van der Waals surface area contributed by atoms with Crippen molar-refractivity contribution >= 4 is 35.9 Å². The number of hydrogen-bond donors (Lipinski definition) is 2. The third-order valence-corrected chi connectivity index (χ3v) is 5.50. The molecule has 2 aromatic rings. The lowest BCUT2D eigenvalue weighted by molar-refractivity contribution is 0.254. The number of hydrogen-bond acceptors (Lipinski definition) is 6. The number of aromatic nitrogens is 2. The second-order valence-corrected chi connectivity index (χ2v) is 7.72. The Hall–Kier alpha value is -2.14. The molecule has 0 radical (unpaired) electrons. The predicted molar refractivity (Wildman–Crippen MR) is 142 cm³/mol. The molecule has 0 spiro atoms. The normalized spacial score (nSPS) is 14.6. The number of anilines is 1. The van der Waals surface area contributed by atoms with Crippen molar-refractivity contribution in [1.29, 1.82) is 0 Å². The topological polar surface area (TPSA) is 77.9 Å². The van der Waals surface area contributed by atoms with Crippen molar-refractivity contribution in [1.82, 2.24) is 25.5 Å². The van der Waals surface area contributed by atoms with Gasteiger partial charge in [0.2, 0.25) is 5.95 Å². The number of aliphatic imine (C=N–C) groups is 1. The highest BCUT2D eigenvalue weighted by Crippen LogP contribution is 2.19. The quantitative estimate of drug-likeness (QED) is 0.214. The molecule has 1 saturated heterocycles. The molecule has 3 rings (SSSR count). The van der Waals surface area contributed by atoms with Gasteiger partial charge in [-0.05, 0) is 44.0 Å². The van der Waals surface area contributed by atoms with Crippen molar-refractivity contribution in [3.8, 4) is 5.75 Å². The van der Waals surface area contributed by atoms with E-state index in [1.165, 1.54) is 11.1 Å². The average Bonchev–Trinajstić information content (AvgIpc) is 2.81. The van der Waals surface area contributed by atoms with Crippen LogP contribution in [-0.2, 0) is 6.42 Å². The van der Waals surface area contributed by atoms with E-state index in [4.69, 9.17) is 4.74 Å². The van der Waals surface area contributed by atoms with Gasteiger partial charge in [0.1, 0.15) is 5.75 Å². The molecule has 9 heteroatoms. The van der Waals surface area contributed by atoms with E-state index in [1.807, 2.05) is 19.2 Å². The molecule has 0 unspecified atom stereocenters. The van der Waals surface area contributed by atoms with Crippen molar-refractivity contribution in [2.75, 3.05) is 64.9 Å². The number of methoxy groups -OCH3 is 1. The van der Waals surface area contributed by atoms with Crippen molar-refractivity contribution in [3.63, 3.8) is 0 Å². The van der Waals surface area contributed by atoms with Crippen LogP contribution >= 0.6 is 24.0 Å². The summed E-state index contributed by atoms with van der Waals surface area (Å²) in [6, 6.07) is 8.14. The maximum atomic E-state index is 5.46. The molecule has 0 amide bonds. The van der Waals surface area contributed by atoms with E-state index in [9.17, 15) is 0 Å². The van der Waals surface area contributed by atoms with Crippen LogP contribution in [0.5, 0.6) is 5.75 Å². The second-order valence-electron chi connectivity index (χ2n) is 7.72. The van der Waals surface area contributed by atoms with Crippen molar-refractivity contribution in [2.45, 2.75) is 19.8 Å². The van der Waals surface area contributed by atoms with Gasteiger partial charge >= 0.3 is 0 Å². The third kappa shape index (κ3) is 8.09. The fraction of sp³-hybridized carbons (Fsp3) is 0.522. The number of rotatable bonds is 9. The van der Waals surface area contributed by atoms with Gasteiger partial charge in [0.25, 0.3) is 0 Å². The number of aryl methyl sites for hydroxylation is 1. The van der Waals surface area contributed by atoms with Gasteiger partial charge in [-0.15, -0.1) is 24.0 Å². The van der Waals surface area contributed by atoms with Gasteiger partial charge in [-0.1, -0.05) is 17.7 Å². The van der Waals surface area contributed by atoms with Gasteiger partial charge in [-0.2, -0.15) is 0 Å². The minimum atomic E-state index is 0. The molecular formula is C23H36IN7O. The first kappa shape index (κ1) is 26.1. The van der Waals surface area contributed by atoms with Gasteiger partial charge in [-0.25, -0.2) is 9.97 Å². The third-order valence-electron chi connectivity index (χ3n) is 5.50. The molecule has 1 aromatic carbocycles. The van der Waals surface area contributed by atoms with Crippen LogP contribution in [0.3, 0.4) is 0 Å². The van der Waals surface area contributed by atoms with Crippen molar-refractivity contribution in [3.05, 3.63) is 47.8 Å². The molecular weight excluding hydrogens is 517 g/mol. The molecule has 8 nitrogen and oxygen atoms in total. The highest BCUT2D eigenvalue weighted by Gasteiger charge is 2.18. The number of piperazine rings is 1. The van der Waals surface area contributed by atoms with E-state index in [-0.39, 0.29) is 24.0 Å². The maximum absolute atomic E-state index is 5.46. The van der Waals surface area contributed by atoms with Crippen LogP contribution in [0, 0.1) is 6.92 Å². The molecule has 1 aliphatic heterocycles. The Morgan fingerprint density at radius 1 is 1.09 bits per heavy atom. The maximum Gasteiger partial charge on any atom is 0.225 e. The summed E-state index contributed by atoms with van der Waals surface area (Å²) < 4.78 is 5.46. The molecule has 2 heterocycles. The average molecular weight is 553 g/mol. The standard InChI is InChI=1S/C23H35N7O.HI/c1-19-6-7-21(31-3)20(18-19)8-12-26-22(24-2)25-11-5-13-29-14-16-30(17-15-29)23-27-9-4-10-28-23;/h4,6-7,9-10,18H,5,8,11-17H2,1-3H3,(H2,24,25,26);1H.